The van der Waals surface area contributed by atoms with Crippen LogP contribution in [-0.4, -0.2) is 38.6 Å². The molecule has 1 aliphatic carbocycles. The normalized spacial score (nSPS) is 20.9. The van der Waals surface area contributed by atoms with E-state index < -0.39 is 10.0 Å². The number of hydrogen-bond acceptors (Lipinski definition) is 6. The van der Waals surface area contributed by atoms with Crippen molar-refractivity contribution in [2.24, 2.45) is 0 Å². The van der Waals surface area contributed by atoms with Crippen LogP contribution >= 0.6 is 11.3 Å². The van der Waals surface area contributed by atoms with Crippen molar-refractivity contribution in [1.29, 1.82) is 0 Å². The summed E-state index contributed by atoms with van der Waals surface area (Å²) in [6, 6.07) is 6.15. The molecule has 0 radical (unpaired) electrons. The first-order valence-corrected chi connectivity index (χ1v) is 13.3. The number of piperidine rings is 1. The molecule has 30 heavy (non-hydrogen) atoms. The number of aryl methyl sites for hydroxylation is 2. The van der Waals surface area contributed by atoms with E-state index in [4.69, 9.17) is 4.98 Å². The number of rotatable bonds is 6. The minimum absolute atomic E-state index is 0.0526. The molecule has 1 atom stereocenters. The Morgan fingerprint density at radius 2 is 1.83 bits per heavy atom. The Balaban J connectivity index is 1.56. The van der Waals surface area contributed by atoms with E-state index in [1.807, 2.05) is 26.0 Å². The third-order valence-corrected chi connectivity index (χ3v) is 8.89. The van der Waals surface area contributed by atoms with E-state index in [0.717, 1.165) is 46.2 Å². The molecule has 1 saturated heterocycles. The number of anilines is 1. The van der Waals surface area contributed by atoms with Crippen LogP contribution in [0.2, 0.25) is 0 Å². The Kier molecular flexibility index (Phi) is 6.77. The predicted octanol–water partition coefficient (Wildman–Crippen LogP) is 4.20. The van der Waals surface area contributed by atoms with Crippen LogP contribution < -0.4 is 15.4 Å². The van der Waals surface area contributed by atoms with E-state index in [-0.39, 0.29) is 6.04 Å². The van der Waals surface area contributed by atoms with Crippen molar-refractivity contribution in [3.8, 4) is 10.4 Å². The molecular weight excluding hydrogens is 416 g/mol. The van der Waals surface area contributed by atoms with E-state index in [0.29, 0.717) is 17.5 Å². The second-order valence-electron chi connectivity index (χ2n) is 8.56. The zero-order valence-electron chi connectivity index (χ0n) is 17.8. The quantitative estimate of drug-likeness (QED) is 0.617. The average molecular weight is 449 g/mol. The lowest BCUT2D eigenvalue weighted by Crippen LogP contribution is -2.45. The van der Waals surface area contributed by atoms with Gasteiger partial charge in [-0.1, -0.05) is 42.7 Å². The Bertz CT molecular complexity index is 975. The molecule has 3 N–H and O–H groups in total. The van der Waals surface area contributed by atoms with Crippen LogP contribution in [0.25, 0.3) is 10.4 Å². The summed E-state index contributed by atoms with van der Waals surface area (Å²) in [5.74, 6) is 0. The Morgan fingerprint density at radius 3 is 2.57 bits per heavy atom. The molecule has 164 valence electrons. The summed E-state index contributed by atoms with van der Waals surface area (Å²) in [5, 5.41) is 7.79. The van der Waals surface area contributed by atoms with Crippen molar-refractivity contribution in [2.75, 3.05) is 18.4 Å². The van der Waals surface area contributed by atoms with Crippen molar-refractivity contribution in [3.63, 3.8) is 0 Å². The largest absolute Gasteiger partial charge is 0.359 e. The van der Waals surface area contributed by atoms with Gasteiger partial charge < -0.3 is 10.6 Å². The number of sulfonamides is 1. The van der Waals surface area contributed by atoms with Crippen molar-refractivity contribution in [3.05, 3.63) is 29.5 Å². The lowest BCUT2D eigenvalue weighted by Gasteiger charge is -2.24. The fourth-order valence-corrected chi connectivity index (χ4v) is 6.99. The number of hydrogen-bond donors (Lipinski definition) is 3. The summed E-state index contributed by atoms with van der Waals surface area (Å²) in [6.45, 7) is 5.49. The summed E-state index contributed by atoms with van der Waals surface area (Å²) in [7, 11) is -3.57. The molecule has 2 heterocycles. The molecule has 0 spiro atoms. The van der Waals surface area contributed by atoms with Gasteiger partial charge in [-0.05, 0) is 63.3 Å². The van der Waals surface area contributed by atoms with Gasteiger partial charge in [0.2, 0.25) is 10.0 Å². The smallest absolute Gasteiger partial charge is 0.241 e. The van der Waals surface area contributed by atoms with Crippen molar-refractivity contribution in [2.45, 2.75) is 75.8 Å². The van der Waals surface area contributed by atoms with Crippen molar-refractivity contribution >= 4 is 26.5 Å². The average Bonchev–Trinajstić information content (AvgIpc) is 3.09. The maximum Gasteiger partial charge on any atom is 0.241 e. The van der Waals surface area contributed by atoms with Gasteiger partial charge in [-0.3, -0.25) is 0 Å². The van der Waals surface area contributed by atoms with Gasteiger partial charge in [-0.15, -0.1) is 0 Å². The molecule has 8 heteroatoms. The van der Waals surface area contributed by atoms with Crippen LogP contribution in [0.3, 0.4) is 0 Å². The van der Waals surface area contributed by atoms with Gasteiger partial charge in [-0.2, -0.15) is 0 Å². The predicted molar refractivity (Wildman–Crippen MR) is 124 cm³/mol. The highest BCUT2D eigenvalue weighted by Gasteiger charge is 2.24. The molecule has 1 unspecified atom stereocenters. The number of nitrogens with one attached hydrogen (secondary N) is 3. The van der Waals surface area contributed by atoms with Gasteiger partial charge in [0.1, 0.15) is 0 Å². The molecule has 1 aromatic heterocycles. The summed E-state index contributed by atoms with van der Waals surface area (Å²) >= 11 is 1.62. The molecule has 2 fully saturated rings. The van der Waals surface area contributed by atoms with E-state index >= 15 is 0 Å². The van der Waals surface area contributed by atoms with Crippen LogP contribution in [0.15, 0.2) is 23.1 Å². The van der Waals surface area contributed by atoms with Gasteiger partial charge in [-0.25, -0.2) is 18.1 Å². The summed E-state index contributed by atoms with van der Waals surface area (Å²) in [5.41, 5.74) is 2.61. The third-order valence-electron chi connectivity index (χ3n) is 6.09. The minimum Gasteiger partial charge on any atom is -0.359 e. The highest BCUT2D eigenvalue weighted by molar-refractivity contribution is 7.89. The molecule has 0 amide bonds. The molecular formula is C22H32N4O2S2. The maximum atomic E-state index is 13.1. The number of thiazole rings is 1. The first kappa shape index (κ1) is 21.7. The Morgan fingerprint density at radius 1 is 1.07 bits per heavy atom. The first-order valence-electron chi connectivity index (χ1n) is 11.0. The minimum atomic E-state index is -3.57. The second kappa shape index (κ2) is 9.34. The lowest BCUT2D eigenvalue weighted by atomic mass is 9.96. The summed E-state index contributed by atoms with van der Waals surface area (Å²) in [6.07, 6.45) is 8.13. The second-order valence-corrected chi connectivity index (χ2v) is 11.2. The molecule has 2 aromatic rings. The fraction of sp³-hybridized carbons (Fsp3) is 0.591. The van der Waals surface area contributed by atoms with Crippen LogP contribution in [0.1, 0.15) is 56.2 Å². The Hall–Kier alpha value is -1.48. The van der Waals surface area contributed by atoms with Crippen LogP contribution in [-0.2, 0) is 10.0 Å². The highest BCUT2D eigenvalue weighted by atomic mass is 32.2. The fourth-order valence-electron chi connectivity index (χ4n) is 4.41. The first-order chi connectivity index (χ1) is 14.4. The zero-order chi connectivity index (χ0) is 21.1. The molecule has 6 nitrogen and oxygen atoms in total. The van der Waals surface area contributed by atoms with E-state index in [1.54, 1.807) is 17.4 Å². The van der Waals surface area contributed by atoms with Gasteiger partial charge in [0.25, 0.3) is 0 Å². The van der Waals surface area contributed by atoms with E-state index in [2.05, 4.69) is 15.4 Å². The van der Waals surface area contributed by atoms with Gasteiger partial charge in [0, 0.05) is 18.6 Å². The summed E-state index contributed by atoms with van der Waals surface area (Å²) < 4.78 is 29.1. The van der Waals surface area contributed by atoms with Crippen LogP contribution in [0, 0.1) is 13.8 Å². The monoisotopic (exact) mass is 448 g/mol. The zero-order valence-corrected chi connectivity index (χ0v) is 19.5. The molecule has 1 saturated carbocycles. The van der Waals surface area contributed by atoms with Crippen LogP contribution in [0.4, 0.5) is 5.13 Å². The molecule has 2 aliphatic rings. The van der Waals surface area contributed by atoms with E-state index in [1.165, 1.54) is 32.1 Å². The van der Waals surface area contributed by atoms with Crippen molar-refractivity contribution in [1.82, 2.24) is 15.0 Å². The molecule has 0 bridgehead atoms. The highest BCUT2D eigenvalue weighted by Crippen LogP contribution is 2.35. The Labute approximate surface area is 183 Å². The van der Waals surface area contributed by atoms with Gasteiger partial charge >= 0.3 is 0 Å². The number of nitrogens with zero attached hydrogens (tertiary/aromatic N) is 1. The van der Waals surface area contributed by atoms with E-state index in [9.17, 15) is 8.42 Å². The third kappa shape index (κ3) is 5.04. The molecule has 1 aromatic carbocycles. The number of aromatic nitrogens is 1. The van der Waals surface area contributed by atoms with Crippen LogP contribution in [0.5, 0.6) is 0 Å². The number of benzene rings is 1. The topological polar surface area (TPSA) is 83.1 Å². The SMILES string of the molecule is Cc1ccc(-c2sc(NC3CCCCC3)nc2C)cc1S(=O)(=O)NC1CCCNC1. The van der Waals surface area contributed by atoms with Gasteiger partial charge in [0.15, 0.2) is 5.13 Å². The molecule has 4 rings (SSSR count). The van der Waals surface area contributed by atoms with Crippen molar-refractivity contribution < 1.29 is 8.42 Å². The standard InChI is InChI=1S/C22H32N4O2S2/c1-15-10-11-17(13-20(15)30(27,28)26-19-9-6-12-23-14-19)21-16(2)24-22(29-21)25-18-7-4-3-5-8-18/h10-11,13,18-19,23,26H,3-9,12,14H2,1-2H3,(H,24,25). The maximum absolute atomic E-state index is 13.1. The summed E-state index contributed by atoms with van der Waals surface area (Å²) in [4.78, 5) is 6.12. The lowest BCUT2D eigenvalue weighted by molar-refractivity contribution is 0.428. The molecule has 1 aliphatic heterocycles. The van der Waals surface area contributed by atoms with Gasteiger partial charge in [0.05, 0.1) is 15.5 Å².